The van der Waals surface area contributed by atoms with E-state index >= 15 is 0 Å². The maximum absolute atomic E-state index is 13.2. The third-order valence-corrected chi connectivity index (χ3v) is 5.35. The van der Waals surface area contributed by atoms with Crippen molar-refractivity contribution in [1.29, 1.82) is 0 Å². The van der Waals surface area contributed by atoms with Crippen LogP contribution in [0.25, 0.3) is 21.9 Å². The molecule has 10 heteroatoms. The number of nitrogens with zero attached hydrogens (tertiary/aromatic N) is 2. The van der Waals surface area contributed by atoms with Gasteiger partial charge in [-0.1, -0.05) is 18.5 Å². The second kappa shape index (κ2) is 9.66. The normalized spacial score (nSPS) is 11.8. The van der Waals surface area contributed by atoms with E-state index in [-0.39, 0.29) is 36.7 Å². The van der Waals surface area contributed by atoms with Gasteiger partial charge in [-0.05, 0) is 42.8 Å². The van der Waals surface area contributed by atoms with Gasteiger partial charge in [-0.25, -0.2) is 0 Å². The van der Waals surface area contributed by atoms with Crippen molar-refractivity contribution in [3.05, 3.63) is 53.9 Å². The highest BCUT2D eigenvalue weighted by atomic mass is 19.4. The molecule has 0 N–H and O–H groups in total. The molecule has 0 bridgehead atoms. The Morgan fingerprint density at radius 3 is 2.65 bits per heavy atom. The number of alkyl halides is 3. The molecule has 0 aliphatic rings. The van der Waals surface area contributed by atoms with Crippen molar-refractivity contribution in [3.8, 4) is 11.5 Å². The monoisotopic (exact) mass is 476 g/mol. The van der Waals surface area contributed by atoms with E-state index in [1.807, 2.05) is 25.1 Å². The molecule has 0 unspecified atom stereocenters. The van der Waals surface area contributed by atoms with Gasteiger partial charge in [0.1, 0.15) is 31.3 Å². The average molecular weight is 476 g/mol. The summed E-state index contributed by atoms with van der Waals surface area (Å²) in [6, 6.07) is 10.2. The van der Waals surface area contributed by atoms with E-state index < -0.39 is 11.9 Å². The Bertz CT molecular complexity index is 1310. The summed E-state index contributed by atoms with van der Waals surface area (Å²) < 4.78 is 62.6. The average Bonchev–Trinajstić information content (AvgIpc) is 3.42. The molecule has 2 aromatic heterocycles. The smallest absolute Gasteiger partial charge is 0.437 e. The van der Waals surface area contributed by atoms with E-state index in [2.05, 4.69) is 5.16 Å². The van der Waals surface area contributed by atoms with Gasteiger partial charge in [0.15, 0.2) is 11.3 Å². The Kier molecular flexibility index (Phi) is 6.67. The lowest BCUT2D eigenvalue weighted by Gasteiger charge is -2.12. The van der Waals surface area contributed by atoms with E-state index in [1.165, 1.54) is 19.2 Å². The molecule has 0 amide bonds. The number of rotatable bonds is 9. The van der Waals surface area contributed by atoms with Gasteiger partial charge in [0.2, 0.25) is 0 Å². The van der Waals surface area contributed by atoms with E-state index in [0.717, 1.165) is 10.9 Å². The maximum Gasteiger partial charge on any atom is 0.437 e. The number of ether oxygens (including phenoxy) is 3. The zero-order valence-electron chi connectivity index (χ0n) is 18.6. The lowest BCUT2D eigenvalue weighted by molar-refractivity contribution is -0.142. The molecule has 2 heterocycles. The summed E-state index contributed by atoms with van der Waals surface area (Å²) >= 11 is 0. The number of methoxy groups -OCH3 is 1. The van der Waals surface area contributed by atoms with Crippen molar-refractivity contribution >= 4 is 27.8 Å². The van der Waals surface area contributed by atoms with Crippen molar-refractivity contribution < 1.29 is 36.7 Å². The first-order valence-corrected chi connectivity index (χ1v) is 10.7. The highest BCUT2D eigenvalue weighted by Crippen LogP contribution is 2.38. The molecule has 4 aromatic rings. The molecule has 0 saturated heterocycles. The first-order chi connectivity index (χ1) is 16.3. The van der Waals surface area contributed by atoms with E-state index in [1.54, 1.807) is 16.8 Å². The van der Waals surface area contributed by atoms with Gasteiger partial charge in [-0.2, -0.15) is 13.2 Å². The largest absolute Gasteiger partial charge is 0.490 e. The molecule has 0 aliphatic carbocycles. The number of aryl methyl sites for hydroxylation is 1. The van der Waals surface area contributed by atoms with Crippen LogP contribution in [0.15, 0.2) is 47.1 Å². The Labute approximate surface area is 193 Å². The number of hydrogen-bond acceptors (Lipinski definition) is 6. The van der Waals surface area contributed by atoms with Gasteiger partial charge in [-0.15, -0.1) is 0 Å². The Balaban J connectivity index is 1.42. The summed E-state index contributed by atoms with van der Waals surface area (Å²) in [5.41, 5.74) is 0.480. The summed E-state index contributed by atoms with van der Waals surface area (Å²) in [5.74, 6) is 0.731. The highest BCUT2D eigenvalue weighted by Gasteiger charge is 2.37. The first kappa shape index (κ1) is 23.5. The zero-order chi connectivity index (χ0) is 24.3. The number of fused-ring (bicyclic) bond motifs is 2. The third-order valence-electron chi connectivity index (χ3n) is 5.35. The minimum atomic E-state index is -4.59. The quantitative estimate of drug-likeness (QED) is 0.238. The SMILES string of the molecule is CCCc1c(OCCOc2ccc3c(ccn3CC(=O)OC)c2)ccc2c(C(F)(F)F)noc12. The fraction of sp³-hybridized carbons (Fsp3) is 0.333. The molecule has 34 heavy (non-hydrogen) atoms. The van der Waals surface area contributed by atoms with Gasteiger partial charge < -0.3 is 23.3 Å². The summed E-state index contributed by atoms with van der Waals surface area (Å²) in [4.78, 5) is 11.5. The molecule has 0 saturated carbocycles. The summed E-state index contributed by atoms with van der Waals surface area (Å²) in [6.45, 7) is 2.45. The highest BCUT2D eigenvalue weighted by molar-refractivity contribution is 5.85. The van der Waals surface area contributed by atoms with E-state index in [4.69, 9.17) is 18.7 Å². The number of aromatic nitrogens is 2. The van der Waals surface area contributed by atoms with Crippen molar-refractivity contribution in [3.63, 3.8) is 0 Å². The molecule has 0 atom stereocenters. The zero-order valence-corrected chi connectivity index (χ0v) is 18.6. The molecule has 0 radical (unpaired) electrons. The number of benzene rings is 2. The summed E-state index contributed by atoms with van der Waals surface area (Å²) in [6.07, 6.45) is -1.61. The fourth-order valence-electron chi connectivity index (χ4n) is 3.79. The van der Waals surface area contributed by atoms with Crippen LogP contribution in [-0.4, -0.2) is 36.0 Å². The molecule has 7 nitrogen and oxygen atoms in total. The van der Waals surface area contributed by atoms with Crippen LogP contribution in [0.2, 0.25) is 0 Å². The molecule has 0 spiro atoms. The van der Waals surface area contributed by atoms with Crippen LogP contribution < -0.4 is 9.47 Å². The Morgan fingerprint density at radius 2 is 1.91 bits per heavy atom. The summed E-state index contributed by atoms with van der Waals surface area (Å²) in [5, 5.41) is 4.06. The number of carbonyl (C=O) groups is 1. The number of carbonyl (C=O) groups excluding carboxylic acids is 1. The first-order valence-electron chi connectivity index (χ1n) is 10.7. The fourth-order valence-corrected chi connectivity index (χ4v) is 3.79. The molecule has 0 aliphatic heterocycles. The second-order valence-corrected chi connectivity index (χ2v) is 7.64. The number of esters is 1. The van der Waals surface area contributed by atoms with Gasteiger partial charge in [0, 0.05) is 22.7 Å². The van der Waals surface area contributed by atoms with Crippen LogP contribution in [0, 0.1) is 0 Å². The van der Waals surface area contributed by atoms with Crippen molar-refractivity contribution in [1.82, 2.24) is 9.72 Å². The predicted octanol–water partition coefficient (Wildman–Crippen LogP) is 5.38. The maximum atomic E-state index is 13.2. The van der Waals surface area contributed by atoms with Crippen LogP contribution in [0.4, 0.5) is 13.2 Å². The third kappa shape index (κ3) is 4.80. The van der Waals surface area contributed by atoms with Gasteiger partial charge >= 0.3 is 12.1 Å². The molecule has 180 valence electrons. The van der Waals surface area contributed by atoms with Crippen LogP contribution in [0.1, 0.15) is 24.6 Å². The van der Waals surface area contributed by atoms with Gasteiger partial charge in [0.05, 0.1) is 12.5 Å². The number of hydrogen-bond donors (Lipinski definition) is 0. The summed E-state index contributed by atoms with van der Waals surface area (Å²) in [7, 11) is 1.34. The molecule has 2 aromatic carbocycles. The predicted molar refractivity (Wildman–Crippen MR) is 118 cm³/mol. The molecular formula is C24H23F3N2O5. The van der Waals surface area contributed by atoms with Crippen LogP contribution >= 0.6 is 0 Å². The van der Waals surface area contributed by atoms with Crippen molar-refractivity contribution in [2.75, 3.05) is 20.3 Å². The lowest BCUT2D eigenvalue weighted by Crippen LogP contribution is -2.11. The van der Waals surface area contributed by atoms with E-state index in [0.29, 0.717) is 29.9 Å². The molecule has 4 rings (SSSR count). The molecular weight excluding hydrogens is 453 g/mol. The van der Waals surface area contributed by atoms with Gasteiger partial charge in [-0.3, -0.25) is 4.79 Å². The lowest BCUT2D eigenvalue weighted by atomic mass is 10.0. The topological polar surface area (TPSA) is 75.7 Å². The van der Waals surface area contributed by atoms with Crippen molar-refractivity contribution in [2.45, 2.75) is 32.5 Å². The Morgan fingerprint density at radius 1 is 1.12 bits per heavy atom. The van der Waals surface area contributed by atoms with Crippen LogP contribution in [-0.2, 0) is 28.7 Å². The van der Waals surface area contributed by atoms with E-state index in [9.17, 15) is 18.0 Å². The molecule has 0 fully saturated rings. The Hall–Kier alpha value is -3.69. The standard InChI is InChI=1S/C24H23F3N2O5/c1-3-4-17-20(8-6-18-22(17)34-28-23(18)24(25,26)27)33-12-11-32-16-5-7-19-15(13-16)9-10-29(19)14-21(30)31-2/h5-10,13H,3-4,11-12,14H2,1-2H3. The second-order valence-electron chi connectivity index (χ2n) is 7.64. The minimum absolute atomic E-state index is 0.0769. The minimum Gasteiger partial charge on any atom is -0.490 e. The van der Waals surface area contributed by atoms with Gasteiger partial charge in [0.25, 0.3) is 0 Å². The van der Waals surface area contributed by atoms with Crippen molar-refractivity contribution in [2.24, 2.45) is 0 Å². The van der Waals surface area contributed by atoms with Crippen LogP contribution in [0.3, 0.4) is 0 Å². The number of halogens is 3. The van der Waals surface area contributed by atoms with Crippen LogP contribution in [0.5, 0.6) is 11.5 Å².